The van der Waals surface area contributed by atoms with Gasteiger partial charge in [-0.15, -0.1) is 11.3 Å². The van der Waals surface area contributed by atoms with Crippen LogP contribution >= 0.6 is 22.9 Å². The van der Waals surface area contributed by atoms with E-state index in [0.717, 1.165) is 29.5 Å². The number of non-ortho nitro benzene ring substituents is 2. The monoisotopic (exact) mass is 533 g/mol. The Morgan fingerprint density at radius 2 is 1.58 bits per heavy atom. The topological polar surface area (TPSA) is 171 Å². The van der Waals surface area contributed by atoms with Crippen LogP contribution in [-0.2, 0) is 5.41 Å². The van der Waals surface area contributed by atoms with Crippen LogP contribution in [0.3, 0.4) is 0 Å². The molecule has 3 rings (SSSR count). The lowest BCUT2D eigenvalue weighted by Gasteiger charge is -2.21. The predicted molar refractivity (Wildman–Crippen MR) is 134 cm³/mol. The molecule has 0 aliphatic carbocycles. The summed E-state index contributed by atoms with van der Waals surface area (Å²) in [5, 5.41) is 36.9. The first-order chi connectivity index (χ1) is 16.8. The molecule has 3 aromatic rings. The SMILES string of the molecule is CC(C)(C)c1nc(NC(=O)c2cc([N+](=O)[O-])cc([N+](=O)[O-])c2)sc1C(C[N+](=O)[O-])c1ccc(Cl)cc1. The molecule has 0 radical (unpaired) electrons. The van der Waals surface area contributed by atoms with E-state index in [2.05, 4.69) is 10.3 Å². The third kappa shape index (κ3) is 6.17. The summed E-state index contributed by atoms with van der Waals surface area (Å²) in [7, 11) is 0. The van der Waals surface area contributed by atoms with E-state index in [1.165, 1.54) is 0 Å². The lowest BCUT2D eigenvalue weighted by molar-refractivity contribution is -0.481. The van der Waals surface area contributed by atoms with Crippen LogP contribution in [0.1, 0.15) is 53.2 Å². The first-order valence-electron chi connectivity index (χ1n) is 10.4. The van der Waals surface area contributed by atoms with Crippen molar-refractivity contribution in [3.05, 3.63) is 99.5 Å². The second-order valence-electron chi connectivity index (χ2n) is 8.81. The highest BCUT2D eigenvalue weighted by Gasteiger charge is 2.32. The molecule has 1 atom stereocenters. The van der Waals surface area contributed by atoms with E-state index >= 15 is 0 Å². The Balaban J connectivity index is 2.06. The standard InChI is InChI=1S/C22H20ClN5O7S/c1-22(2,3)19-18(17(11-26(30)31)12-4-6-14(23)7-5-12)36-21(24-19)25-20(29)13-8-15(27(32)33)10-16(9-13)28(34)35/h4-10,17H,11H2,1-3H3,(H,24,25,29). The number of aromatic nitrogens is 1. The summed E-state index contributed by atoms with van der Waals surface area (Å²) in [6.07, 6.45) is 0. The Morgan fingerprint density at radius 3 is 2.06 bits per heavy atom. The molecule has 0 bridgehead atoms. The van der Waals surface area contributed by atoms with Crippen LogP contribution in [0.15, 0.2) is 42.5 Å². The highest BCUT2D eigenvalue weighted by molar-refractivity contribution is 7.16. The molecule has 1 unspecified atom stereocenters. The van der Waals surface area contributed by atoms with Gasteiger partial charge in [-0.1, -0.05) is 44.5 Å². The van der Waals surface area contributed by atoms with Crippen molar-refractivity contribution in [1.82, 2.24) is 4.98 Å². The van der Waals surface area contributed by atoms with Gasteiger partial charge >= 0.3 is 0 Å². The molecule has 0 saturated carbocycles. The average molecular weight is 534 g/mol. The van der Waals surface area contributed by atoms with Crippen LogP contribution in [0.4, 0.5) is 16.5 Å². The van der Waals surface area contributed by atoms with Crippen LogP contribution in [0.5, 0.6) is 0 Å². The zero-order valence-electron chi connectivity index (χ0n) is 19.3. The molecule has 1 N–H and O–H groups in total. The minimum atomic E-state index is -0.847. The molecule has 36 heavy (non-hydrogen) atoms. The zero-order valence-corrected chi connectivity index (χ0v) is 20.8. The van der Waals surface area contributed by atoms with Crippen molar-refractivity contribution in [1.29, 1.82) is 0 Å². The second-order valence-corrected chi connectivity index (χ2v) is 10.3. The highest BCUT2D eigenvalue weighted by Crippen LogP contribution is 2.40. The van der Waals surface area contributed by atoms with Gasteiger partial charge in [0.2, 0.25) is 6.54 Å². The van der Waals surface area contributed by atoms with E-state index in [4.69, 9.17) is 11.6 Å². The number of nitro groups is 3. The minimum Gasteiger partial charge on any atom is -0.298 e. The lowest BCUT2D eigenvalue weighted by Crippen LogP contribution is -2.20. The van der Waals surface area contributed by atoms with Gasteiger partial charge in [0.1, 0.15) is 0 Å². The first kappa shape index (κ1) is 26.6. The van der Waals surface area contributed by atoms with Crippen LogP contribution in [-0.4, -0.2) is 32.2 Å². The first-order valence-corrected chi connectivity index (χ1v) is 11.6. The molecule has 0 saturated heterocycles. The summed E-state index contributed by atoms with van der Waals surface area (Å²) in [6.45, 7) is 5.17. The fourth-order valence-corrected chi connectivity index (χ4v) is 4.87. The van der Waals surface area contributed by atoms with Gasteiger partial charge in [0.15, 0.2) is 5.13 Å². The molecule has 2 aromatic carbocycles. The Bertz CT molecular complexity index is 1320. The largest absolute Gasteiger partial charge is 0.298 e. The number of halogens is 1. The van der Waals surface area contributed by atoms with Crippen molar-refractivity contribution in [3.63, 3.8) is 0 Å². The van der Waals surface area contributed by atoms with Crippen molar-refractivity contribution < 1.29 is 19.6 Å². The molecule has 1 aromatic heterocycles. The van der Waals surface area contributed by atoms with Crippen molar-refractivity contribution in [2.24, 2.45) is 0 Å². The number of anilines is 1. The Kier molecular flexibility index (Phi) is 7.65. The number of nitrogens with one attached hydrogen (secondary N) is 1. The molecule has 1 heterocycles. The fourth-order valence-electron chi connectivity index (χ4n) is 3.45. The molecule has 0 aliphatic rings. The van der Waals surface area contributed by atoms with E-state index < -0.39 is 49.9 Å². The molecule has 1 amide bonds. The van der Waals surface area contributed by atoms with E-state index in [-0.39, 0.29) is 10.7 Å². The van der Waals surface area contributed by atoms with Gasteiger partial charge in [0.25, 0.3) is 17.3 Å². The predicted octanol–water partition coefficient (Wildman–Crippen LogP) is 5.57. The maximum Gasteiger partial charge on any atom is 0.277 e. The molecular weight excluding hydrogens is 514 g/mol. The number of hydrogen-bond donors (Lipinski definition) is 1. The summed E-state index contributed by atoms with van der Waals surface area (Å²) >= 11 is 7.01. The fraction of sp³-hybridized carbons (Fsp3) is 0.273. The minimum absolute atomic E-state index is 0.0939. The molecule has 14 heteroatoms. The second kappa shape index (κ2) is 10.3. The molecule has 0 spiro atoms. The maximum atomic E-state index is 12.9. The third-order valence-electron chi connectivity index (χ3n) is 5.09. The summed E-state index contributed by atoms with van der Waals surface area (Å²) in [4.78, 5) is 49.7. The lowest BCUT2D eigenvalue weighted by atomic mass is 9.86. The molecule has 12 nitrogen and oxygen atoms in total. The number of nitro benzene ring substituents is 2. The van der Waals surface area contributed by atoms with Gasteiger partial charge in [-0.2, -0.15) is 0 Å². The number of thiazole rings is 1. The van der Waals surface area contributed by atoms with Crippen molar-refractivity contribution in [2.75, 3.05) is 11.9 Å². The molecule has 0 fully saturated rings. The van der Waals surface area contributed by atoms with E-state index in [1.807, 2.05) is 20.8 Å². The van der Waals surface area contributed by atoms with Gasteiger partial charge in [0.05, 0.1) is 33.1 Å². The van der Waals surface area contributed by atoms with Crippen molar-refractivity contribution >= 4 is 45.4 Å². The van der Waals surface area contributed by atoms with Gasteiger partial charge in [0, 0.05) is 32.4 Å². The number of carbonyl (C=O) groups excluding carboxylic acids is 1. The van der Waals surface area contributed by atoms with E-state index in [9.17, 15) is 35.1 Å². The number of rotatable bonds is 8. The zero-order chi connectivity index (χ0) is 26.8. The van der Waals surface area contributed by atoms with Gasteiger partial charge in [-0.25, -0.2) is 4.98 Å². The molecule has 0 aliphatic heterocycles. The number of carbonyl (C=O) groups is 1. The average Bonchev–Trinajstić information content (AvgIpc) is 3.21. The van der Waals surface area contributed by atoms with Gasteiger partial charge in [-0.3, -0.25) is 40.5 Å². The summed E-state index contributed by atoms with van der Waals surface area (Å²) in [6, 6.07) is 9.21. The smallest absolute Gasteiger partial charge is 0.277 e. The number of amides is 1. The van der Waals surface area contributed by atoms with E-state index in [0.29, 0.717) is 21.2 Å². The summed E-state index contributed by atoms with van der Waals surface area (Å²) in [5.74, 6) is -1.53. The number of nitrogens with zero attached hydrogens (tertiary/aromatic N) is 4. The van der Waals surface area contributed by atoms with Crippen LogP contribution in [0.2, 0.25) is 5.02 Å². The normalized spacial score (nSPS) is 12.1. The summed E-state index contributed by atoms with van der Waals surface area (Å²) < 4.78 is 0. The Morgan fingerprint density at radius 1 is 1.03 bits per heavy atom. The quantitative estimate of drug-likeness (QED) is 0.289. The van der Waals surface area contributed by atoms with Crippen LogP contribution in [0.25, 0.3) is 0 Å². The Hall–Kier alpha value is -3.97. The third-order valence-corrected chi connectivity index (χ3v) is 6.43. The van der Waals surface area contributed by atoms with Crippen molar-refractivity contribution in [2.45, 2.75) is 32.1 Å². The number of benzene rings is 2. The van der Waals surface area contributed by atoms with Gasteiger partial charge in [-0.05, 0) is 17.7 Å². The van der Waals surface area contributed by atoms with Crippen LogP contribution in [0, 0.1) is 30.3 Å². The molecular formula is C22H20ClN5O7S. The van der Waals surface area contributed by atoms with Crippen molar-refractivity contribution in [3.8, 4) is 0 Å². The summed E-state index contributed by atoms with van der Waals surface area (Å²) in [5.41, 5.74) is -0.923. The Labute approximate surface area is 213 Å². The maximum absolute atomic E-state index is 12.9. The number of hydrogen-bond acceptors (Lipinski definition) is 9. The molecule has 188 valence electrons. The van der Waals surface area contributed by atoms with Crippen LogP contribution < -0.4 is 5.32 Å². The highest BCUT2D eigenvalue weighted by atomic mass is 35.5. The van der Waals surface area contributed by atoms with Gasteiger partial charge < -0.3 is 0 Å². The van der Waals surface area contributed by atoms with E-state index in [1.54, 1.807) is 24.3 Å².